The molecule has 2 aromatic rings. The van der Waals surface area contributed by atoms with Gasteiger partial charge in [0.2, 0.25) is 0 Å². The van der Waals surface area contributed by atoms with Gasteiger partial charge in [0, 0.05) is 7.05 Å². The Labute approximate surface area is 250 Å². The quantitative estimate of drug-likeness (QED) is 0.220. The van der Waals surface area contributed by atoms with Gasteiger partial charge >= 0.3 is 12.4 Å². The molecule has 0 aliphatic heterocycles. The minimum absolute atomic E-state index is 0.146. The van der Waals surface area contributed by atoms with Crippen molar-refractivity contribution in [3.8, 4) is 0 Å². The second-order valence-electron chi connectivity index (χ2n) is 12.7. The molecule has 0 aromatic heterocycles. The average Bonchev–Trinajstić information content (AvgIpc) is 2.93. The van der Waals surface area contributed by atoms with Crippen LogP contribution in [0.2, 0.25) is 0 Å². The lowest BCUT2D eigenvalue weighted by atomic mass is 9.94. The predicted molar refractivity (Wildman–Crippen MR) is 161 cm³/mol. The number of alkyl halides is 6. The Hall–Kier alpha value is -1.44. The Balaban J connectivity index is 1.97. The normalized spacial score (nSPS) is 19.8. The molecule has 0 heterocycles. The van der Waals surface area contributed by atoms with E-state index in [-0.39, 0.29) is 11.6 Å². The van der Waals surface area contributed by atoms with Gasteiger partial charge in [0.1, 0.15) is 11.0 Å². The van der Waals surface area contributed by atoms with Crippen molar-refractivity contribution in [3.05, 3.63) is 64.7 Å². The lowest BCUT2D eigenvalue weighted by Gasteiger charge is -2.41. The molecule has 0 spiro atoms. The summed E-state index contributed by atoms with van der Waals surface area (Å²) in [7, 11) is -0.905. The zero-order chi connectivity index (χ0) is 30.9. The number of rotatable bonds is 7. The Morgan fingerprint density at radius 1 is 0.762 bits per heavy atom. The third-order valence-electron chi connectivity index (χ3n) is 8.52. The molecule has 0 saturated heterocycles. The highest BCUT2D eigenvalue weighted by atomic mass is 32.2. The highest BCUT2D eigenvalue weighted by Crippen LogP contribution is 2.56. The van der Waals surface area contributed by atoms with Crippen molar-refractivity contribution in [1.82, 2.24) is 4.31 Å². The summed E-state index contributed by atoms with van der Waals surface area (Å²) in [4.78, 5) is 0. The van der Waals surface area contributed by atoms with Crippen LogP contribution in [0.25, 0.3) is 0 Å². The van der Waals surface area contributed by atoms with Crippen LogP contribution in [0.3, 0.4) is 0 Å². The van der Waals surface area contributed by atoms with Crippen molar-refractivity contribution in [1.29, 1.82) is 0 Å². The van der Waals surface area contributed by atoms with Gasteiger partial charge in [0.15, 0.2) is 0 Å². The summed E-state index contributed by atoms with van der Waals surface area (Å²) in [6.45, 7) is 5.27. The van der Waals surface area contributed by atoms with E-state index >= 15 is 0 Å². The van der Waals surface area contributed by atoms with Gasteiger partial charge in [-0.15, -0.1) is 0 Å². The van der Waals surface area contributed by atoms with E-state index in [4.69, 9.17) is 0 Å². The average molecular weight is 634 g/mol. The first-order valence-corrected chi connectivity index (χ1v) is 17.5. The van der Waals surface area contributed by atoms with E-state index in [1.807, 2.05) is 18.2 Å². The van der Waals surface area contributed by atoms with Crippen molar-refractivity contribution in [2.45, 2.75) is 119 Å². The summed E-state index contributed by atoms with van der Waals surface area (Å²) in [5.41, 5.74) is -1.26. The van der Waals surface area contributed by atoms with Crippen LogP contribution in [-0.2, 0) is 23.3 Å². The van der Waals surface area contributed by atoms with E-state index in [0.29, 0.717) is 16.9 Å². The molecular formula is C32H42F6NOPS. The molecule has 2 atom stereocenters. The van der Waals surface area contributed by atoms with Crippen LogP contribution in [0.5, 0.6) is 0 Å². The molecule has 4 rings (SSSR count). The van der Waals surface area contributed by atoms with Crippen molar-refractivity contribution >= 4 is 24.2 Å². The van der Waals surface area contributed by atoms with Crippen LogP contribution in [0, 0.1) is 0 Å². The van der Waals surface area contributed by atoms with Gasteiger partial charge in [0.05, 0.1) is 21.9 Å². The Morgan fingerprint density at radius 3 is 1.64 bits per heavy atom. The zero-order valence-corrected chi connectivity index (χ0v) is 26.5. The molecule has 0 amide bonds. The molecule has 2 aromatic carbocycles. The molecule has 0 N–H and O–H groups in total. The minimum atomic E-state index is -4.97. The smallest absolute Gasteiger partial charge is 0.242 e. The number of hydrogen-bond donors (Lipinski definition) is 0. The van der Waals surface area contributed by atoms with Crippen molar-refractivity contribution in [2.24, 2.45) is 0 Å². The summed E-state index contributed by atoms with van der Waals surface area (Å²) < 4.78 is 98.5. The van der Waals surface area contributed by atoms with Gasteiger partial charge < -0.3 is 0 Å². The molecule has 10 heteroatoms. The number of benzene rings is 2. The van der Waals surface area contributed by atoms with E-state index in [9.17, 15) is 30.6 Å². The highest BCUT2D eigenvalue weighted by molar-refractivity contribution is 7.84. The molecule has 2 fully saturated rings. The van der Waals surface area contributed by atoms with Gasteiger partial charge in [-0.05, 0) is 92.4 Å². The van der Waals surface area contributed by atoms with Crippen LogP contribution in [0.15, 0.2) is 42.5 Å². The molecule has 2 aliphatic carbocycles. The van der Waals surface area contributed by atoms with E-state index in [1.165, 1.54) is 17.1 Å². The maximum absolute atomic E-state index is 14.0. The topological polar surface area (TPSA) is 20.3 Å². The molecule has 2 nitrogen and oxygen atoms in total. The fourth-order valence-corrected chi connectivity index (χ4v) is 11.9. The summed E-state index contributed by atoms with van der Waals surface area (Å²) in [6, 6.07) is 8.37. The third-order valence-corrected chi connectivity index (χ3v) is 13.9. The molecular weight excluding hydrogens is 591 g/mol. The number of hydrogen-bond acceptors (Lipinski definition) is 1. The number of halogens is 6. The lowest BCUT2D eigenvalue weighted by molar-refractivity contribution is -0.143. The number of nitrogens with zero attached hydrogens (tertiary/aromatic N) is 1. The second kappa shape index (κ2) is 13.3. The van der Waals surface area contributed by atoms with Gasteiger partial charge in [-0.1, -0.05) is 70.7 Å². The van der Waals surface area contributed by atoms with E-state index in [0.717, 1.165) is 68.8 Å². The van der Waals surface area contributed by atoms with E-state index in [1.54, 1.807) is 33.9 Å². The van der Waals surface area contributed by atoms with E-state index in [2.05, 4.69) is 0 Å². The standard InChI is InChI=1S/C32H42F6NOPS/c1-30(2,3)42(40)39(4)29(22-19-23(31(33,34)35)21-24(20-22)32(36,37)38)27-17-11-12-18-28(27)41(25-13-7-5-8-14-25)26-15-9-6-10-16-26/h11-12,17-21,25-26,29H,5-10,13-16H2,1-4H3/t29-,42?/m1/s1. The van der Waals surface area contributed by atoms with Crippen LogP contribution >= 0.6 is 7.92 Å². The van der Waals surface area contributed by atoms with Gasteiger partial charge in [-0.3, -0.25) is 0 Å². The summed E-state index contributed by atoms with van der Waals surface area (Å²) in [5.74, 6) is 0. The van der Waals surface area contributed by atoms with Crippen LogP contribution in [-0.4, -0.2) is 31.6 Å². The summed E-state index contributed by atoms with van der Waals surface area (Å²) in [6.07, 6.45) is 1.34. The SMILES string of the molecule is CN([C@H](c1cc(C(F)(F)F)cc(C(F)(F)F)c1)c1ccccc1P(C1CCCCC1)C1CCCCC1)S(=O)C(C)(C)C. The van der Waals surface area contributed by atoms with Gasteiger partial charge in [0.25, 0.3) is 0 Å². The van der Waals surface area contributed by atoms with Crippen LogP contribution < -0.4 is 5.30 Å². The molecule has 2 aliphatic rings. The summed E-state index contributed by atoms with van der Waals surface area (Å²) in [5, 5.41) is 1.04. The van der Waals surface area contributed by atoms with Gasteiger partial charge in [-0.25, -0.2) is 8.51 Å². The highest BCUT2D eigenvalue weighted by Gasteiger charge is 2.41. The fourth-order valence-electron chi connectivity index (χ4n) is 6.61. The maximum Gasteiger partial charge on any atom is 0.416 e. The Bertz CT molecular complexity index is 1180. The van der Waals surface area contributed by atoms with Crippen molar-refractivity contribution in [2.75, 3.05) is 7.05 Å². The van der Waals surface area contributed by atoms with Crippen LogP contribution in [0.4, 0.5) is 26.3 Å². The predicted octanol–water partition coefficient (Wildman–Crippen LogP) is 9.98. The largest absolute Gasteiger partial charge is 0.416 e. The molecule has 2 saturated carbocycles. The molecule has 234 valence electrons. The van der Waals surface area contributed by atoms with Crippen molar-refractivity contribution < 1.29 is 30.6 Å². The van der Waals surface area contributed by atoms with Crippen molar-refractivity contribution in [3.63, 3.8) is 0 Å². The maximum atomic E-state index is 14.0. The van der Waals surface area contributed by atoms with Crippen LogP contribution in [0.1, 0.15) is 113 Å². The minimum Gasteiger partial charge on any atom is -0.242 e. The summed E-state index contributed by atoms with van der Waals surface area (Å²) >= 11 is 0. The third kappa shape index (κ3) is 7.79. The Morgan fingerprint density at radius 2 is 1.21 bits per heavy atom. The monoisotopic (exact) mass is 633 g/mol. The molecule has 1 unspecified atom stereocenters. The first kappa shape index (κ1) is 33.5. The van der Waals surface area contributed by atoms with E-state index < -0.39 is 53.2 Å². The molecule has 42 heavy (non-hydrogen) atoms. The lowest BCUT2D eigenvalue weighted by Crippen LogP contribution is -2.40. The first-order chi connectivity index (χ1) is 19.6. The van der Waals surface area contributed by atoms with Gasteiger partial charge in [-0.2, -0.15) is 26.3 Å². The zero-order valence-electron chi connectivity index (χ0n) is 24.8. The fraction of sp³-hybridized carbons (Fsp3) is 0.625. The molecule has 0 bridgehead atoms. The second-order valence-corrected chi connectivity index (χ2v) is 17.8. The first-order valence-electron chi connectivity index (χ1n) is 14.9. The molecule has 0 radical (unpaired) electrons. The Kier molecular flexibility index (Phi) is 10.6.